The summed E-state index contributed by atoms with van der Waals surface area (Å²) < 4.78 is 11.2. The summed E-state index contributed by atoms with van der Waals surface area (Å²) in [4.78, 5) is 12.2. The van der Waals surface area contributed by atoms with Crippen molar-refractivity contribution in [2.45, 2.75) is 70.6 Å². The Hall–Kier alpha value is -2.02. The van der Waals surface area contributed by atoms with Gasteiger partial charge < -0.3 is 14.5 Å². The molecular formula is C20H29N3O3S. The van der Waals surface area contributed by atoms with Crippen LogP contribution in [0.1, 0.15) is 64.1 Å². The van der Waals surface area contributed by atoms with E-state index in [-0.39, 0.29) is 6.04 Å². The number of alkyl carbamates (subject to hydrolysis) is 1. The first-order valence-corrected chi connectivity index (χ1v) is 10.1. The largest absolute Gasteiger partial charge is 0.444 e. The van der Waals surface area contributed by atoms with Crippen molar-refractivity contribution in [1.29, 1.82) is 0 Å². The first-order chi connectivity index (χ1) is 12.6. The van der Waals surface area contributed by atoms with Gasteiger partial charge in [0.1, 0.15) is 11.6 Å². The van der Waals surface area contributed by atoms with E-state index in [2.05, 4.69) is 48.4 Å². The van der Waals surface area contributed by atoms with Crippen LogP contribution in [0.25, 0.3) is 0 Å². The first-order valence-electron chi connectivity index (χ1n) is 9.14. The summed E-state index contributed by atoms with van der Waals surface area (Å²) in [7, 11) is 0. The van der Waals surface area contributed by atoms with Gasteiger partial charge in [-0.1, -0.05) is 49.9 Å². The summed E-state index contributed by atoms with van der Waals surface area (Å²) in [6.07, 6.45) is 0.198. The highest BCUT2D eigenvalue weighted by Crippen LogP contribution is 2.27. The van der Waals surface area contributed by atoms with Crippen LogP contribution in [0.4, 0.5) is 4.79 Å². The molecule has 1 heterocycles. The third-order valence-electron chi connectivity index (χ3n) is 3.73. The maximum Gasteiger partial charge on any atom is 0.408 e. The van der Waals surface area contributed by atoms with Crippen LogP contribution in [-0.4, -0.2) is 21.9 Å². The summed E-state index contributed by atoms with van der Waals surface area (Å²) in [5.41, 5.74) is 1.90. The number of amides is 1. The van der Waals surface area contributed by atoms with E-state index < -0.39 is 11.7 Å². The van der Waals surface area contributed by atoms with Gasteiger partial charge in [-0.3, -0.25) is 0 Å². The molecule has 0 aliphatic heterocycles. The smallest absolute Gasteiger partial charge is 0.408 e. The molecule has 1 N–H and O–H groups in total. The molecule has 0 unspecified atom stereocenters. The predicted molar refractivity (Wildman–Crippen MR) is 107 cm³/mol. The molecule has 0 aliphatic rings. The molecule has 0 radical (unpaired) electrons. The topological polar surface area (TPSA) is 77.2 Å². The molecule has 27 heavy (non-hydrogen) atoms. The second-order valence-electron chi connectivity index (χ2n) is 7.95. The standard InChI is InChI=1S/C20H29N3O3S/c1-13(2)11-16(21-18(24)26-20(4,5)6)17-22-23-19(25-17)27-12-15-10-8-7-9-14(15)3/h7-10,13,16H,11-12H2,1-6H3,(H,21,24)/t16-/m1/s1. The molecule has 1 atom stereocenters. The summed E-state index contributed by atoms with van der Waals surface area (Å²) >= 11 is 1.49. The van der Waals surface area contributed by atoms with Gasteiger partial charge in [-0.25, -0.2) is 4.79 Å². The third kappa shape index (κ3) is 7.25. The molecular weight excluding hydrogens is 362 g/mol. The van der Waals surface area contributed by atoms with E-state index >= 15 is 0 Å². The van der Waals surface area contributed by atoms with Gasteiger partial charge in [-0.05, 0) is 51.2 Å². The predicted octanol–water partition coefficient (Wildman–Crippen LogP) is 5.28. The van der Waals surface area contributed by atoms with Crippen LogP contribution in [0.5, 0.6) is 0 Å². The van der Waals surface area contributed by atoms with E-state index in [4.69, 9.17) is 9.15 Å². The number of nitrogens with zero attached hydrogens (tertiary/aromatic N) is 2. The molecule has 0 spiro atoms. The van der Waals surface area contributed by atoms with Crippen LogP contribution in [0.15, 0.2) is 33.9 Å². The Bertz CT molecular complexity index is 753. The van der Waals surface area contributed by atoms with Gasteiger partial charge in [0.05, 0.1) is 0 Å². The van der Waals surface area contributed by atoms with Gasteiger partial charge in [-0.2, -0.15) is 0 Å². The molecule has 0 fully saturated rings. The van der Waals surface area contributed by atoms with Gasteiger partial charge in [-0.15, -0.1) is 10.2 Å². The normalized spacial score (nSPS) is 12.9. The molecule has 1 amide bonds. The number of thioether (sulfide) groups is 1. The molecule has 148 valence electrons. The average Bonchev–Trinajstić information content (AvgIpc) is 3.00. The van der Waals surface area contributed by atoms with Gasteiger partial charge in [0, 0.05) is 5.75 Å². The zero-order valence-corrected chi connectivity index (χ0v) is 17.7. The number of hydrogen-bond donors (Lipinski definition) is 1. The van der Waals surface area contributed by atoms with Gasteiger partial charge in [0.25, 0.3) is 5.22 Å². The fourth-order valence-electron chi connectivity index (χ4n) is 2.47. The SMILES string of the molecule is Cc1ccccc1CSc1nnc([C@@H](CC(C)C)NC(=O)OC(C)(C)C)o1. The van der Waals surface area contributed by atoms with E-state index in [1.165, 1.54) is 22.9 Å². The van der Waals surface area contributed by atoms with Crippen LogP contribution < -0.4 is 5.32 Å². The molecule has 1 aromatic carbocycles. The molecule has 2 rings (SSSR count). The summed E-state index contributed by atoms with van der Waals surface area (Å²) in [5, 5.41) is 11.6. The van der Waals surface area contributed by atoms with Crippen LogP contribution in [0.2, 0.25) is 0 Å². The maximum absolute atomic E-state index is 12.2. The highest BCUT2D eigenvalue weighted by Gasteiger charge is 2.25. The van der Waals surface area contributed by atoms with E-state index in [1.807, 2.05) is 32.9 Å². The van der Waals surface area contributed by atoms with E-state index in [0.29, 0.717) is 23.5 Å². The molecule has 0 bridgehead atoms. The van der Waals surface area contributed by atoms with Gasteiger partial charge in [0.15, 0.2) is 0 Å². The molecule has 2 aromatic rings. The van der Waals surface area contributed by atoms with Crippen molar-refractivity contribution in [1.82, 2.24) is 15.5 Å². The summed E-state index contributed by atoms with van der Waals surface area (Å²) in [5.74, 6) is 1.50. The summed E-state index contributed by atoms with van der Waals surface area (Å²) in [6, 6.07) is 7.84. The zero-order valence-electron chi connectivity index (χ0n) is 16.9. The Morgan fingerprint density at radius 1 is 1.26 bits per heavy atom. The Balaban J connectivity index is 2.04. The Labute approximate surface area is 165 Å². The number of ether oxygens (including phenoxy) is 1. The fourth-order valence-corrected chi connectivity index (χ4v) is 3.32. The van der Waals surface area contributed by atoms with Crippen molar-refractivity contribution in [3.05, 3.63) is 41.3 Å². The van der Waals surface area contributed by atoms with Crippen molar-refractivity contribution in [3.8, 4) is 0 Å². The lowest BCUT2D eigenvalue weighted by molar-refractivity contribution is 0.0487. The monoisotopic (exact) mass is 391 g/mol. The van der Waals surface area contributed by atoms with Crippen molar-refractivity contribution >= 4 is 17.9 Å². The second-order valence-corrected chi connectivity index (χ2v) is 8.88. The highest BCUT2D eigenvalue weighted by molar-refractivity contribution is 7.98. The lowest BCUT2D eigenvalue weighted by atomic mass is 10.0. The second kappa shape index (κ2) is 9.26. The quantitative estimate of drug-likeness (QED) is 0.647. The minimum Gasteiger partial charge on any atom is -0.444 e. The van der Waals surface area contributed by atoms with Crippen LogP contribution >= 0.6 is 11.8 Å². The molecule has 0 saturated heterocycles. The number of aryl methyl sites for hydroxylation is 1. The highest BCUT2D eigenvalue weighted by atomic mass is 32.2. The minimum atomic E-state index is -0.560. The Morgan fingerprint density at radius 3 is 2.59 bits per heavy atom. The molecule has 7 heteroatoms. The van der Waals surface area contributed by atoms with E-state index in [0.717, 1.165) is 5.75 Å². The fraction of sp³-hybridized carbons (Fsp3) is 0.550. The summed E-state index contributed by atoms with van der Waals surface area (Å²) in [6.45, 7) is 11.7. The molecule has 6 nitrogen and oxygen atoms in total. The zero-order chi connectivity index (χ0) is 20.0. The van der Waals surface area contributed by atoms with Crippen molar-refractivity contribution in [2.24, 2.45) is 5.92 Å². The molecule has 0 aliphatic carbocycles. The number of carbonyl (C=O) groups is 1. The lowest BCUT2D eigenvalue weighted by Crippen LogP contribution is -2.35. The van der Waals surface area contributed by atoms with Gasteiger partial charge in [0.2, 0.25) is 5.89 Å². The van der Waals surface area contributed by atoms with Crippen molar-refractivity contribution in [3.63, 3.8) is 0 Å². The first kappa shape index (κ1) is 21.3. The molecule has 1 aromatic heterocycles. The number of rotatable bonds is 7. The third-order valence-corrected chi connectivity index (χ3v) is 4.60. The number of carbonyl (C=O) groups excluding carboxylic acids is 1. The average molecular weight is 392 g/mol. The van der Waals surface area contributed by atoms with Crippen LogP contribution in [0, 0.1) is 12.8 Å². The number of aromatic nitrogens is 2. The van der Waals surface area contributed by atoms with Gasteiger partial charge >= 0.3 is 6.09 Å². The van der Waals surface area contributed by atoms with Crippen LogP contribution in [-0.2, 0) is 10.5 Å². The molecule has 0 saturated carbocycles. The van der Waals surface area contributed by atoms with Crippen molar-refractivity contribution < 1.29 is 13.9 Å². The Kier molecular flexibility index (Phi) is 7.30. The number of nitrogens with one attached hydrogen (secondary N) is 1. The van der Waals surface area contributed by atoms with E-state index in [1.54, 1.807) is 0 Å². The number of benzene rings is 1. The maximum atomic E-state index is 12.2. The van der Waals surface area contributed by atoms with E-state index in [9.17, 15) is 4.79 Å². The Morgan fingerprint density at radius 2 is 1.96 bits per heavy atom. The van der Waals surface area contributed by atoms with Crippen LogP contribution in [0.3, 0.4) is 0 Å². The minimum absolute atomic E-state index is 0.347. The van der Waals surface area contributed by atoms with Crippen molar-refractivity contribution in [2.75, 3.05) is 0 Å². The number of hydrogen-bond acceptors (Lipinski definition) is 6. The lowest BCUT2D eigenvalue weighted by Gasteiger charge is -2.22.